The van der Waals surface area contributed by atoms with Gasteiger partial charge in [-0.1, -0.05) is 24.3 Å². The maximum atomic E-state index is 12.9. The zero-order valence-electron chi connectivity index (χ0n) is 19.6. The van der Waals surface area contributed by atoms with Crippen LogP contribution >= 0.6 is 11.3 Å². The van der Waals surface area contributed by atoms with Crippen LogP contribution in [0.15, 0.2) is 48.5 Å². The first-order valence-electron chi connectivity index (χ1n) is 11.1. The van der Waals surface area contributed by atoms with Gasteiger partial charge < -0.3 is 15.4 Å². The Balaban J connectivity index is 1.61. The lowest BCUT2D eigenvalue weighted by Crippen LogP contribution is -2.43. The van der Waals surface area contributed by atoms with Crippen LogP contribution in [0, 0.1) is 13.8 Å². The second-order valence-electron chi connectivity index (χ2n) is 8.01. The summed E-state index contributed by atoms with van der Waals surface area (Å²) in [4.78, 5) is 32.2. The van der Waals surface area contributed by atoms with Crippen molar-refractivity contribution in [2.75, 3.05) is 19.5 Å². The van der Waals surface area contributed by atoms with Crippen LogP contribution in [0.5, 0.6) is 0 Å². The predicted molar refractivity (Wildman–Crippen MR) is 133 cm³/mol. The first-order valence-corrected chi connectivity index (χ1v) is 11.9. The van der Waals surface area contributed by atoms with Gasteiger partial charge >= 0.3 is 5.97 Å². The number of nitrogens with one attached hydrogen (secondary N) is 2. The minimum absolute atomic E-state index is 0.255. The highest BCUT2D eigenvalue weighted by Gasteiger charge is 2.24. The Kier molecular flexibility index (Phi) is 8.60. The van der Waals surface area contributed by atoms with E-state index in [9.17, 15) is 9.59 Å². The molecule has 6 nitrogen and oxygen atoms in total. The highest BCUT2D eigenvalue weighted by atomic mass is 32.1. The summed E-state index contributed by atoms with van der Waals surface area (Å²) < 4.78 is 4.96. The molecule has 7 heteroatoms. The van der Waals surface area contributed by atoms with Crippen molar-refractivity contribution in [3.8, 4) is 0 Å². The van der Waals surface area contributed by atoms with Crippen molar-refractivity contribution in [1.29, 1.82) is 0 Å². The van der Waals surface area contributed by atoms with E-state index in [1.165, 1.54) is 12.0 Å². The summed E-state index contributed by atoms with van der Waals surface area (Å²) in [7, 11) is 3.21. The van der Waals surface area contributed by atoms with Crippen molar-refractivity contribution in [2.45, 2.75) is 45.6 Å². The minimum atomic E-state index is -0.735. The number of methoxy groups -OCH3 is 1. The third-order valence-corrected chi connectivity index (χ3v) is 6.71. The molecule has 0 saturated heterocycles. The topological polar surface area (TPSA) is 80.3 Å². The molecule has 1 amide bonds. The van der Waals surface area contributed by atoms with Crippen LogP contribution in [0.25, 0.3) is 0 Å². The number of carbonyl (C=O) groups is 2. The van der Waals surface area contributed by atoms with Gasteiger partial charge in [0.25, 0.3) is 5.91 Å². The molecular weight excluding hydrogens is 434 g/mol. The molecule has 0 spiro atoms. The number of aryl methyl sites for hydroxylation is 4. The van der Waals surface area contributed by atoms with Crippen molar-refractivity contribution in [3.63, 3.8) is 0 Å². The van der Waals surface area contributed by atoms with Gasteiger partial charge in [0, 0.05) is 34.5 Å². The fourth-order valence-electron chi connectivity index (χ4n) is 3.81. The Bertz CT molecular complexity index is 1090. The maximum Gasteiger partial charge on any atom is 0.328 e. The van der Waals surface area contributed by atoms with Crippen molar-refractivity contribution in [3.05, 3.63) is 80.7 Å². The summed E-state index contributed by atoms with van der Waals surface area (Å²) in [5.41, 5.74) is 3.43. The number of aromatic nitrogens is 1. The molecule has 0 radical (unpaired) electrons. The van der Waals surface area contributed by atoms with Gasteiger partial charge in [0.15, 0.2) is 0 Å². The smallest absolute Gasteiger partial charge is 0.328 e. The van der Waals surface area contributed by atoms with E-state index in [0.29, 0.717) is 12.0 Å². The molecule has 0 aliphatic heterocycles. The van der Waals surface area contributed by atoms with E-state index in [2.05, 4.69) is 21.7 Å². The zero-order valence-corrected chi connectivity index (χ0v) is 20.4. The van der Waals surface area contributed by atoms with Gasteiger partial charge in [-0.3, -0.25) is 4.79 Å². The number of nitrogens with zero attached hydrogens (tertiary/aromatic N) is 1. The Labute approximate surface area is 199 Å². The van der Waals surface area contributed by atoms with Crippen LogP contribution in [0.3, 0.4) is 0 Å². The molecule has 0 unspecified atom stereocenters. The molecule has 3 rings (SSSR count). The molecule has 0 aliphatic carbocycles. The first-order chi connectivity index (χ1) is 15.9. The number of amides is 1. The number of hydrogen-bond donors (Lipinski definition) is 2. The summed E-state index contributed by atoms with van der Waals surface area (Å²) in [5, 5.41) is 5.94. The fourth-order valence-corrected chi connectivity index (χ4v) is 4.91. The maximum absolute atomic E-state index is 12.9. The van der Waals surface area contributed by atoms with Crippen LogP contribution in [0.2, 0.25) is 0 Å². The highest BCUT2D eigenvalue weighted by Crippen LogP contribution is 2.21. The van der Waals surface area contributed by atoms with E-state index in [1.54, 1.807) is 11.3 Å². The molecule has 1 aromatic carbocycles. The van der Waals surface area contributed by atoms with Gasteiger partial charge in [0.1, 0.15) is 11.9 Å². The molecule has 2 N–H and O–H groups in total. The lowest BCUT2D eigenvalue weighted by atomic mass is 10.0. The molecule has 2 heterocycles. The Morgan fingerprint density at radius 3 is 2.39 bits per heavy atom. The number of esters is 1. The quantitative estimate of drug-likeness (QED) is 0.431. The number of pyridine rings is 1. The van der Waals surface area contributed by atoms with Gasteiger partial charge in [0.2, 0.25) is 0 Å². The van der Waals surface area contributed by atoms with Gasteiger partial charge in [0.05, 0.1) is 7.11 Å². The van der Waals surface area contributed by atoms with Gasteiger partial charge in [-0.25, -0.2) is 9.78 Å². The molecule has 1 atom stereocenters. The van der Waals surface area contributed by atoms with Gasteiger partial charge in [-0.15, -0.1) is 11.3 Å². The van der Waals surface area contributed by atoms with E-state index < -0.39 is 12.0 Å². The van der Waals surface area contributed by atoms with E-state index >= 15 is 0 Å². The van der Waals surface area contributed by atoms with Crippen molar-refractivity contribution >= 4 is 29.0 Å². The first kappa shape index (κ1) is 24.5. The Morgan fingerprint density at radius 1 is 1.00 bits per heavy atom. The van der Waals surface area contributed by atoms with Crippen LogP contribution in [0.1, 0.15) is 43.4 Å². The normalized spacial score (nSPS) is 11.6. The molecular formula is C26H31N3O3S. The van der Waals surface area contributed by atoms with Crippen LogP contribution in [0.4, 0.5) is 5.82 Å². The van der Waals surface area contributed by atoms with Gasteiger partial charge in [-0.2, -0.15) is 0 Å². The van der Waals surface area contributed by atoms with E-state index in [1.807, 2.05) is 63.4 Å². The summed E-state index contributed by atoms with van der Waals surface area (Å²) in [6.07, 6.45) is 3.23. The van der Waals surface area contributed by atoms with E-state index in [0.717, 1.165) is 46.8 Å². The summed E-state index contributed by atoms with van der Waals surface area (Å²) >= 11 is 1.67. The molecule has 0 fully saturated rings. The molecule has 0 aliphatic rings. The molecule has 0 bridgehead atoms. The van der Waals surface area contributed by atoms with Crippen LogP contribution in [-0.2, 0) is 28.8 Å². The monoisotopic (exact) mass is 465 g/mol. The number of rotatable bonds is 10. The largest absolute Gasteiger partial charge is 0.467 e. The van der Waals surface area contributed by atoms with Crippen LogP contribution < -0.4 is 10.6 Å². The molecule has 3 aromatic rings. The summed E-state index contributed by atoms with van der Waals surface area (Å²) in [6, 6.07) is 15.1. The standard InChI is InChI=1S/C26H31N3O3S/c1-17-8-5-9-18(2)24(17)25(30)29-22(26(31)32-4)16-21-15-14-20(33-21)12-6-10-19-11-7-13-23(27-3)28-19/h5,7-9,11,13-15,22H,6,10,12,16H2,1-4H3,(H,27,28)(H,29,30)/t22-/m0/s1. The molecule has 33 heavy (non-hydrogen) atoms. The molecule has 0 saturated carbocycles. The molecule has 2 aromatic heterocycles. The number of anilines is 1. The third kappa shape index (κ3) is 6.65. The van der Waals surface area contributed by atoms with Crippen molar-refractivity contribution in [2.24, 2.45) is 0 Å². The van der Waals surface area contributed by atoms with Crippen LogP contribution in [-0.4, -0.2) is 37.1 Å². The number of ether oxygens (including phenoxy) is 1. The van der Waals surface area contributed by atoms with E-state index in [-0.39, 0.29) is 5.91 Å². The Morgan fingerprint density at radius 2 is 1.70 bits per heavy atom. The zero-order chi connectivity index (χ0) is 23.8. The highest BCUT2D eigenvalue weighted by molar-refractivity contribution is 7.12. The third-order valence-electron chi connectivity index (χ3n) is 5.54. The SMILES string of the molecule is CNc1cccc(CCCc2ccc(C[C@H](NC(=O)c3c(C)cccc3C)C(=O)OC)s2)n1. The molecule has 174 valence electrons. The second-order valence-corrected chi connectivity index (χ2v) is 9.26. The Hall–Kier alpha value is -3.19. The van der Waals surface area contributed by atoms with E-state index in [4.69, 9.17) is 4.74 Å². The second kappa shape index (κ2) is 11.6. The number of carbonyl (C=O) groups excluding carboxylic acids is 2. The summed E-state index contributed by atoms with van der Waals surface area (Å²) in [6.45, 7) is 3.79. The van der Waals surface area contributed by atoms with Crippen molar-refractivity contribution < 1.29 is 14.3 Å². The lowest BCUT2D eigenvalue weighted by Gasteiger charge is -2.17. The number of benzene rings is 1. The summed E-state index contributed by atoms with van der Waals surface area (Å²) in [5.74, 6) is 0.178. The average molecular weight is 466 g/mol. The number of hydrogen-bond acceptors (Lipinski definition) is 6. The number of thiophene rings is 1. The fraction of sp³-hybridized carbons (Fsp3) is 0.346. The average Bonchev–Trinajstić information content (AvgIpc) is 3.25. The predicted octanol–water partition coefficient (Wildman–Crippen LogP) is 4.49. The van der Waals surface area contributed by atoms with Crippen molar-refractivity contribution in [1.82, 2.24) is 10.3 Å². The lowest BCUT2D eigenvalue weighted by molar-refractivity contribution is -0.142. The van der Waals surface area contributed by atoms with Gasteiger partial charge in [-0.05, 0) is 68.5 Å². The minimum Gasteiger partial charge on any atom is -0.467 e.